The normalized spacial score (nSPS) is 14.9. The molecular formula is C17H31N3. The van der Waals surface area contributed by atoms with Crippen molar-refractivity contribution in [3.63, 3.8) is 0 Å². The van der Waals surface area contributed by atoms with E-state index in [1.807, 2.05) is 0 Å². The van der Waals surface area contributed by atoms with Gasteiger partial charge >= 0.3 is 0 Å². The maximum Gasteiger partial charge on any atom is 0.126 e. The number of aryl methyl sites for hydroxylation is 1. The van der Waals surface area contributed by atoms with E-state index in [1.54, 1.807) is 0 Å². The topological polar surface area (TPSA) is 43.8 Å². The summed E-state index contributed by atoms with van der Waals surface area (Å²) in [4.78, 5) is 4.88. The Kier molecular flexibility index (Phi) is 5.93. The molecule has 0 saturated heterocycles. The van der Waals surface area contributed by atoms with Crippen molar-refractivity contribution >= 4 is 5.82 Å². The van der Waals surface area contributed by atoms with E-state index in [-0.39, 0.29) is 0 Å². The van der Waals surface area contributed by atoms with Crippen molar-refractivity contribution in [2.24, 2.45) is 0 Å². The van der Waals surface area contributed by atoms with Crippen LogP contribution in [0.1, 0.15) is 89.1 Å². The zero-order valence-corrected chi connectivity index (χ0v) is 13.3. The van der Waals surface area contributed by atoms with Crippen molar-refractivity contribution in [1.82, 2.24) is 9.55 Å². The van der Waals surface area contributed by atoms with Gasteiger partial charge in [-0.2, -0.15) is 0 Å². The zero-order valence-electron chi connectivity index (χ0n) is 13.3. The molecular weight excluding hydrogens is 246 g/mol. The van der Waals surface area contributed by atoms with Gasteiger partial charge < -0.3 is 10.3 Å². The number of anilines is 1. The van der Waals surface area contributed by atoms with Crippen molar-refractivity contribution in [3.05, 3.63) is 11.5 Å². The third kappa shape index (κ3) is 4.00. The van der Waals surface area contributed by atoms with Gasteiger partial charge in [-0.3, -0.25) is 0 Å². The van der Waals surface area contributed by atoms with Gasteiger partial charge in [0.05, 0.1) is 5.69 Å². The van der Waals surface area contributed by atoms with Gasteiger partial charge in [0.15, 0.2) is 0 Å². The molecule has 1 heterocycles. The van der Waals surface area contributed by atoms with Crippen molar-refractivity contribution < 1.29 is 0 Å². The molecule has 1 aliphatic carbocycles. The molecule has 3 nitrogen and oxygen atoms in total. The van der Waals surface area contributed by atoms with Crippen LogP contribution in [0.3, 0.4) is 0 Å². The summed E-state index contributed by atoms with van der Waals surface area (Å²) in [6.07, 6.45) is 12.7. The fourth-order valence-corrected chi connectivity index (χ4v) is 2.82. The number of imidazole rings is 1. The Hall–Kier alpha value is -0.990. The van der Waals surface area contributed by atoms with E-state index in [4.69, 9.17) is 10.7 Å². The summed E-state index contributed by atoms with van der Waals surface area (Å²) in [6.45, 7) is 5.55. The Morgan fingerprint density at radius 1 is 1.05 bits per heavy atom. The second-order valence-corrected chi connectivity index (χ2v) is 6.25. The molecule has 0 aromatic carbocycles. The molecule has 114 valence electrons. The molecule has 2 rings (SSSR count). The highest BCUT2D eigenvalue weighted by Crippen LogP contribution is 2.41. The van der Waals surface area contributed by atoms with E-state index in [0.717, 1.165) is 18.8 Å². The summed E-state index contributed by atoms with van der Waals surface area (Å²) in [7, 11) is 0. The number of nitrogen functional groups attached to an aromatic ring is 1. The minimum atomic E-state index is 0.697. The predicted molar refractivity (Wildman–Crippen MR) is 86.0 cm³/mol. The van der Waals surface area contributed by atoms with E-state index in [9.17, 15) is 0 Å². The number of unbranched alkanes of at least 4 members (excludes halogenated alkanes) is 5. The maximum absolute atomic E-state index is 6.35. The summed E-state index contributed by atoms with van der Waals surface area (Å²) in [6, 6.07) is 0. The summed E-state index contributed by atoms with van der Waals surface area (Å²) >= 11 is 0. The standard InChI is InChI=1S/C17H31N3/c1-3-5-7-8-9-10-15-16(18)20(13-6-4-2)17(19-15)14-11-12-14/h14H,3-13,18H2,1-2H3. The molecule has 20 heavy (non-hydrogen) atoms. The molecule has 1 saturated carbocycles. The molecule has 1 fully saturated rings. The molecule has 0 bridgehead atoms. The number of nitrogens with zero attached hydrogens (tertiary/aromatic N) is 2. The average Bonchev–Trinajstić information content (AvgIpc) is 3.24. The second kappa shape index (κ2) is 7.70. The molecule has 0 spiro atoms. The molecule has 1 aromatic rings. The monoisotopic (exact) mass is 277 g/mol. The molecule has 0 unspecified atom stereocenters. The number of aromatic nitrogens is 2. The van der Waals surface area contributed by atoms with Crippen LogP contribution in [0.5, 0.6) is 0 Å². The summed E-state index contributed by atoms with van der Waals surface area (Å²) in [5.41, 5.74) is 7.52. The average molecular weight is 277 g/mol. The first kappa shape index (κ1) is 15.4. The highest BCUT2D eigenvalue weighted by Gasteiger charge is 2.30. The summed E-state index contributed by atoms with van der Waals surface area (Å²) in [5, 5.41) is 0. The number of hydrogen-bond donors (Lipinski definition) is 1. The maximum atomic E-state index is 6.35. The Morgan fingerprint density at radius 2 is 1.75 bits per heavy atom. The number of rotatable bonds is 10. The van der Waals surface area contributed by atoms with Crippen LogP contribution in [0.15, 0.2) is 0 Å². The van der Waals surface area contributed by atoms with E-state index >= 15 is 0 Å². The fraction of sp³-hybridized carbons (Fsp3) is 0.824. The Labute approximate surface area is 124 Å². The SMILES string of the molecule is CCCCCCCc1nc(C2CC2)n(CCCC)c1N. The van der Waals surface area contributed by atoms with Crippen molar-refractivity contribution in [3.8, 4) is 0 Å². The molecule has 0 amide bonds. The van der Waals surface area contributed by atoms with Crippen LogP contribution in [0.4, 0.5) is 5.82 Å². The van der Waals surface area contributed by atoms with Crippen LogP contribution >= 0.6 is 0 Å². The molecule has 0 aliphatic heterocycles. The third-order valence-corrected chi connectivity index (χ3v) is 4.31. The first-order valence-corrected chi connectivity index (χ1v) is 8.62. The predicted octanol–water partition coefficient (Wildman–Crippen LogP) is 4.66. The van der Waals surface area contributed by atoms with Crippen LogP contribution in [-0.4, -0.2) is 9.55 Å². The minimum absolute atomic E-state index is 0.697. The first-order valence-electron chi connectivity index (χ1n) is 8.62. The van der Waals surface area contributed by atoms with E-state index in [1.165, 1.54) is 69.3 Å². The third-order valence-electron chi connectivity index (χ3n) is 4.31. The van der Waals surface area contributed by atoms with Gasteiger partial charge in [-0.25, -0.2) is 4.98 Å². The van der Waals surface area contributed by atoms with Gasteiger partial charge in [0, 0.05) is 12.5 Å². The summed E-state index contributed by atoms with van der Waals surface area (Å²) < 4.78 is 2.31. The second-order valence-electron chi connectivity index (χ2n) is 6.25. The fourth-order valence-electron chi connectivity index (χ4n) is 2.82. The quantitative estimate of drug-likeness (QED) is 0.632. The smallest absolute Gasteiger partial charge is 0.126 e. The van der Waals surface area contributed by atoms with E-state index in [0.29, 0.717) is 5.92 Å². The Morgan fingerprint density at radius 3 is 2.40 bits per heavy atom. The van der Waals surface area contributed by atoms with E-state index < -0.39 is 0 Å². The van der Waals surface area contributed by atoms with Gasteiger partial charge in [0.25, 0.3) is 0 Å². The lowest BCUT2D eigenvalue weighted by Gasteiger charge is -2.08. The molecule has 2 N–H and O–H groups in total. The molecule has 0 atom stereocenters. The molecule has 0 radical (unpaired) electrons. The van der Waals surface area contributed by atoms with Crippen LogP contribution in [0, 0.1) is 0 Å². The lowest BCUT2D eigenvalue weighted by atomic mass is 10.1. The number of hydrogen-bond acceptors (Lipinski definition) is 2. The molecule has 1 aliphatic rings. The largest absolute Gasteiger partial charge is 0.384 e. The van der Waals surface area contributed by atoms with Crippen LogP contribution in [0.25, 0.3) is 0 Å². The number of nitrogens with two attached hydrogens (primary N) is 1. The van der Waals surface area contributed by atoms with Crippen molar-refractivity contribution in [2.45, 2.75) is 90.5 Å². The van der Waals surface area contributed by atoms with Gasteiger partial charge in [0.1, 0.15) is 11.6 Å². The van der Waals surface area contributed by atoms with Crippen LogP contribution < -0.4 is 5.73 Å². The first-order chi connectivity index (χ1) is 9.77. The van der Waals surface area contributed by atoms with Gasteiger partial charge in [0.2, 0.25) is 0 Å². The van der Waals surface area contributed by atoms with Gasteiger partial charge in [-0.15, -0.1) is 0 Å². The highest BCUT2D eigenvalue weighted by atomic mass is 15.1. The highest BCUT2D eigenvalue weighted by molar-refractivity contribution is 5.40. The van der Waals surface area contributed by atoms with Crippen molar-refractivity contribution in [1.29, 1.82) is 0 Å². The Balaban J connectivity index is 1.94. The lowest BCUT2D eigenvalue weighted by molar-refractivity contribution is 0.609. The lowest BCUT2D eigenvalue weighted by Crippen LogP contribution is -2.07. The van der Waals surface area contributed by atoms with Crippen molar-refractivity contribution in [2.75, 3.05) is 5.73 Å². The van der Waals surface area contributed by atoms with Crippen LogP contribution in [-0.2, 0) is 13.0 Å². The molecule has 3 heteroatoms. The van der Waals surface area contributed by atoms with Crippen LogP contribution in [0.2, 0.25) is 0 Å². The Bertz CT molecular complexity index is 405. The summed E-state index contributed by atoms with van der Waals surface area (Å²) in [5.74, 6) is 2.93. The van der Waals surface area contributed by atoms with Gasteiger partial charge in [-0.05, 0) is 32.1 Å². The minimum Gasteiger partial charge on any atom is -0.384 e. The zero-order chi connectivity index (χ0) is 14.4. The van der Waals surface area contributed by atoms with Gasteiger partial charge in [-0.1, -0.05) is 46.0 Å². The van der Waals surface area contributed by atoms with E-state index in [2.05, 4.69) is 18.4 Å². The molecule has 1 aromatic heterocycles.